The van der Waals surface area contributed by atoms with Gasteiger partial charge < -0.3 is 10.6 Å². The maximum atomic E-state index is 4.44. The molecule has 2 fully saturated rings. The van der Waals surface area contributed by atoms with Crippen LogP contribution in [0.1, 0.15) is 47.5 Å². The molecule has 2 aliphatic rings. The molecule has 3 unspecified atom stereocenters. The summed E-state index contributed by atoms with van der Waals surface area (Å²) >= 11 is 0. The summed E-state index contributed by atoms with van der Waals surface area (Å²) in [4.78, 5) is 9.60. The summed E-state index contributed by atoms with van der Waals surface area (Å²) in [6.07, 6.45) is 2.67. The topological polar surface area (TPSA) is 42.9 Å². The Morgan fingerprint density at radius 2 is 1.72 bits per heavy atom. The zero-order valence-corrected chi connectivity index (χ0v) is 19.4. The number of nitrogens with one attached hydrogen (secondary N) is 2. The summed E-state index contributed by atoms with van der Waals surface area (Å²) in [7, 11) is 1.88. The summed E-state index contributed by atoms with van der Waals surface area (Å²) < 4.78 is 0. The van der Waals surface area contributed by atoms with E-state index in [0.717, 1.165) is 25.0 Å². The molecule has 0 amide bonds. The lowest BCUT2D eigenvalue weighted by Gasteiger charge is -2.35. The molecule has 0 aromatic rings. The zero-order valence-electron chi connectivity index (χ0n) is 17.1. The van der Waals surface area contributed by atoms with Crippen LogP contribution in [0.2, 0.25) is 0 Å². The monoisotopic (exact) mass is 465 g/mol. The molecule has 2 aliphatic heterocycles. The summed E-state index contributed by atoms with van der Waals surface area (Å²) in [5, 5.41) is 7.19. The van der Waals surface area contributed by atoms with Gasteiger partial charge in [0.15, 0.2) is 5.96 Å². The van der Waals surface area contributed by atoms with Crippen molar-refractivity contribution in [2.75, 3.05) is 39.8 Å². The third kappa shape index (κ3) is 6.86. The molecule has 5 nitrogen and oxygen atoms in total. The Balaban J connectivity index is 0.00000312. The molecule has 25 heavy (non-hydrogen) atoms. The quantitative estimate of drug-likeness (QED) is 0.372. The molecule has 2 heterocycles. The van der Waals surface area contributed by atoms with E-state index in [4.69, 9.17) is 0 Å². The van der Waals surface area contributed by atoms with Gasteiger partial charge in [-0.25, -0.2) is 0 Å². The second-order valence-corrected chi connectivity index (χ2v) is 8.30. The number of halogens is 1. The molecule has 2 N–H and O–H groups in total. The highest BCUT2D eigenvalue weighted by atomic mass is 127. The third-order valence-electron chi connectivity index (χ3n) is 5.92. The molecular weight excluding hydrogens is 425 g/mol. The van der Waals surface area contributed by atoms with E-state index >= 15 is 0 Å². The van der Waals surface area contributed by atoms with E-state index in [1.807, 2.05) is 7.05 Å². The molecule has 3 atom stereocenters. The highest BCUT2D eigenvalue weighted by molar-refractivity contribution is 14.0. The minimum Gasteiger partial charge on any atom is -0.355 e. The summed E-state index contributed by atoms with van der Waals surface area (Å²) in [6.45, 7) is 17.3. The van der Waals surface area contributed by atoms with Crippen LogP contribution in [0.25, 0.3) is 0 Å². The first-order valence-corrected chi connectivity index (χ1v) is 9.86. The van der Waals surface area contributed by atoms with Gasteiger partial charge in [-0.05, 0) is 58.5 Å². The predicted octanol–water partition coefficient (Wildman–Crippen LogP) is 2.62. The molecule has 148 valence electrons. The number of hydrogen-bond acceptors (Lipinski definition) is 3. The van der Waals surface area contributed by atoms with Crippen LogP contribution in [0.5, 0.6) is 0 Å². The fraction of sp³-hybridized carbons (Fsp3) is 0.947. The van der Waals surface area contributed by atoms with Gasteiger partial charge in [-0.15, -0.1) is 24.0 Å². The molecule has 0 aliphatic carbocycles. The standard InChI is InChI=1S/C19H39N5.HI/c1-14(2)24-12-16(4)18(13-24)22-19(20-6)21-11-17(5)23-9-7-15(3)8-10-23;/h14-18H,7-13H2,1-6H3,(H2,20,21,22);1H. The Labute approximate surface area is 172 Å². The number of nitrogens with zero attached hydrogens (tertiary/aromatic N) is 3. The predicted molar refractivity (Wildman–Crippen MR) is 119 cm³/mol. The van der Waals surface area contributed by atoms with Crippen LogP contribution in [0.3, 0.4) is 0 Å². The average Bonchev–Trinajstić information content (AvgIpc) is 2.93. The molecule has 0 radical (unpaired) electrons. The van der Waals surface area contributed by atoms with Crippen molar-refractivity contribution < 1.29 is 0 Å². The minimum atomic E-state index is 0. The van der Waals surface area contributed by atoms with Crippen molar-refractivity contribution in [2.24, 2.45) is 16.8 Å². The van der Waals surface area contributed by atoms with E-state index in [9.17, 15) is 0 Å². The van der Waals surface area contributed by atoms with Gasteiger partial charge in [0.2, 0.25) is 0 Å². The maximum absolute atomic E-state index is 4.44. The average molecular weight is 465 g/mol. The second kappa shape index (κ2) is 10.9. The van der Waals surface area contributed by atoms with Crippen molar-refractivity contribution in [1.82, 2.24) is 20.4 Å². The molecular formula is C19H40IN5. The van der Waals surface area contributed by atoms with E-state index < -0.39 is 0 Å². The number of guanidine groups is 1. The van der Waals surface area contributed by atoms with Crippen LogP contribution in [0.4, 0.5) is 0 Å². The molecule has 0 aromatic carbocycles. The van der Waals surface area contributed by atoms with E-state index in [1.165, 1.54) is 32.5 Å². The van der Waals surface area contributed by atoms with Gasteiger partial charge in [0.05, 0.1) is 0 Å². The van der Waals surface area contributed by atoms with Gasteiger partial charge in [-0.1, -0.05) is 13.8 Å². The number of piperidine rings is 1. The zero-order chi connectivity index (χ0) is 17.7. The Morgan fingerprint density at radius 1 is 1.08 bits per heavy atom. The maximum Gasteiger partial charge on any atom is 0.191 e. The van der Waals surface area contributed by atoms with Gasteiger partial charge in [-0.2, -0.15) is 0 Å². The number of likely N-dealkylation sites (tertiary alicyclic amines) is 2. The van der Waals surface area contributed by atoms with Crippen molar-refractivity contribution in [3.8, 4) is 0 Å². The van der Waals surface area contributed by atoms with E-state index in [0.29, 0.717) is 24.0 Å². The first kappa shape index (κ1) is 23.0. The Kier molecular flexibility index (Phi) is 10.0. The summed E-state index contributed by atoms with van der Waals surface area (Å²) in [5.41, 5.74) is 0. The van der Waals surface area contributed by atoms with Crippen LogP contribution in [0.15, 0.2) is 4.99 Å². The lowest BCUT2D eigenvalue weighted by Crippen LogP contribution is -2.51. The Bertz CT molecular complexity index is 407. The van der Waals surface area contributed by atoms with E-state index in [1.54, 1.807) is 0 Å². The highest BCUT2D eigenvalue weighted by Crippen LogP contribution is 2.19. The van der Waals surface area contributed by atoms with Gasteiger partial charge in [-0.3, -0.25) is 14.8 Å². The minimum absolute atomic E-state index is 0. The van der Waals surface area contributed by atoms with Crippen molar-refractivity contribution in [1.29, 1.82) is 0 Å². The first-order valence-electron chi connectivity index (χ1n) is 9.86. The van der Waals surface area contributed by atoms with Gasteiger partial charge in [0.1, 0.15) is 0 Å². The smallest absolute Gasteiger partial charge is 0.191 e. The van der Waals surface area contributed by atoms with Crippen LogP contribution in [-0.2, 0) is 0 Å². The van der Waals surface area contributed by atoms with E-state index in [2.05, 4.69) is 60.0 Å². The number of aliphatic imine (C=N–C) groups is 1. The lowest BCUT2D eigenvalue weighted by molar-refractivity contribution is 0.147. The number of rotatable bonds is 5. The molecule has 0 saturated carbocycles. The molecule has 2 saturated heterocycles. The first-order chi connectivity index (χ1) is 11.4. The molecule has 2 rings (SSSR count). The van der Waals surface area contributed by atoms with E-state index in [-0.39, 0.29) is 24.0 Å². The molecule has 0 aromatic heterocycles. The van der Waals surface area contributed by atoms with Gasteiger partial charge >= 0.3 is 0 Å². The summed E-state index contributed by atoms with van der Waals surface area (Å²) in [5.74, 6) is 2.50. The Morgan fingerprint density at radius 3 is 2.24 bits per heavy atom. The Hall–Kier alpha value is -0.0800. The number of hydrogen-bond donors (Lipinski definition) is 2. The fourth-order valence-electron chi connectivity index (χ4n) is 3.83. The van der Waals surface area contributed by atoms with Crippen molar-refractivity contribution >= 4 is 29.9 Å². The van der Waals surface area contributed by atoms with Crippen LogP contribution in [-0.4, -0.2) is 73.7 Å². The molecule has 6 heteroatoms. The second-order valence-electron chi connectivity index (χ2n) is 8.30. The third-order valence-corrected chi connectivity index (χ3v) is 5.92. The van der Waals surface area contributed by atoms with Gasteiger partial charge in [0, 0.05) is 44.8 Å². The van der Waals surface area contributed by atoms with Crippen LogP contribution < -0.4 is 10.6 Å². The normalized spacial score (nSPS) is 28.0. The molecule has 0 bridgehead atoms. The lowest BCUT2D eigenvalue weighted by atomic mass is 9.98. The fourth-order valence-corrected chi connectivity index (χ4v) is 3.83. The highest BCUT2D eigenvalue weighted by Gasteiger charge is 2.31. The van der Waals surface area contributed by atoms with Gasteiger partial charge in [0.25, 0.3) is 0 Å². The molecule has 0 spiro atoms. The van der Waals surface area contributed by atoms with Crippen molar-refractivity contribution in [3.05, 3.63) is 0 Å². The largest absolute Gasteiger partial charge is 0.355 e. The van der Waals surface area contributed by atoms with Crippen molar-refractivity contribution in [3.63, 3.8) is 0 Å². The summed E-state index contributed by atoms with van der Waals surface area (Å²) in [6, 6.07) is 1.67. The van der Waals surface area contributed by atoms with Crippen LogP contribution in [0, 0.1) is 11.8 Å². The van der Waals surface area contributed by atoms with Crippen LogP contribution >= 0.6 is 24.0 Å². The van der Waals surface area contributed by atoms with Crippen molar-refractivity contribution in [2.45, 2.75) is 65.6 Å². The SMILES string of the molecule is CN=C(NCC(C)N1CCC(C)CC1)NC1CN(C(C)C)CC1C.I.